The minimum Gasteiger partial charge on any atom is -0.328 e. The van der Waals surface area contributed by atoms with Crippen LogP contribution in [0.15, 0.2) is 0 Å². The van der Waals surface area contributed by atoms with Crippen molar-refractivity contribution in [1.82, 2.24) is 4.90 Å². The van der Waals surface area contributed by atoms with Gasteiger partial charge in [-0.2, -0.15) is 0 Å². The number of piperidine rings is 1. The van der Waals surface area contributed by atoms with Crippen LogP contribution in [0.25, 0.3) is 0 Å². The minimum absolute atomic E-state index is 0.398. The largest absolute Gasteiger partial charge is 0.328 e. The molecule has 0 spiro atoms. The third-order valence-corrected chi connectivity index (χ3v) is 4.87. The monoisotopic (exact) mass is 238 g/mol. The molecule has 1 heterocycles. The predicted molar refractivity (Wildman–Crippen MR) is 74.0 cm³/mol. The van der Waals surface area contributed by atoms with Crippen molar-refractivity contribution in [3.05, 3.63) is 0 Å². The topological polar surface area (TPSA) is 29.3 Å². The molecule has 0 amide bonds. The Morgan fingerprint density at radius 3 is 2.12 bits per heavy atom. The van der Waals surface area contributed by atoms with Gasteiger partial charge in [0.15, 0.2) is 0 Å². The zero-order chi connectivity index (χ0) is 12.1. The summed E-state index contributed by atoms with van der Waals surface area (Å²) >= 11 is 0. The highest BCUT2D eigenvalue weighted by molar-refractivity contribution is 4.79. The number of likely N-dealkylation sites (tertiary alicyclic amines) is 1. The Morgan fingerprint density at radius 2 is 1.59 bits per heavy atom. The van der Waals surface area contributed by atoms with Crippen LogP contribution in [0.4, 0.5) is 0 Å². The molecule has 100 valence electrons. The van der Waals surface area contributed by atoms with Crippen LogP contribution in [0.3, 0.4) is 0 Å². The lowest BCUT2D eigenvalue weighted by Gasteiger charge is -2.35. The molecule has 0 aromatic rings. The van der Waals surface area contributed by atoms with E-state index in [1.54, 1.807) is 0 Å². The van der Waals surface area contributed by atoms with Crippen LogP contribution in [0.1, 0.15) is 58.3 Å². The molecule has 1 aliphatic heterocycles. The van der Waals surface area contributed by atoms with E-state index in [-0.39, 0.29) is 0 Å². The van der Waals surface area contributed by atoms with Gasteiger partial charge in [-0.25, -0.2) is 0 Å². The molecule has 1 unspecified atom stereocenters. The highest BCUT2D eigenvalue weighted by Crippen LogP contribution is 2.26. The maximum atomic E-state index is 6.00. The maximum Gasteiger partial charge on any atom is 0.00397 e. The predicted octanol–water partition coefficient (Wildman–Crippen LogP) is 3.02. The molecular formula is C15H30N2. The SMILES string of the molecule is CC(N)C1CCN(CC2CCCCCC2)CC1. The van der Waals surface area contributed by atoms with Gasteiger partial charge in [0.1, 0.15) is 0 Å². The molecule has 1 aliphatic carbocycles. The molecule has 2 aliphatic rings. The minimum atomic E-state index is 0.398. The number of nitrogens with two attached hydrogens (primary N) is 1. The molecule has 0 aromatic carbocycles. The zero-order valence-corrected chi connectivity index (χ0v) is 11.5. The average molecular weight is 238 g/mol. The summed E-state index contributed by atoms with van der Waals surface area (Å²) in [6.07, 6.45) is 11.5. The van der Waals surface area contributed by atoms with E-state index in [0.717, 1.165) is 11.8 Å². The fourth-order valence-electron chi connectivity index (χ4n) is 3.57. The number of nitrogens with zero attached hydrogens (tertiary/aromatic N) is 1. The number of hydrogen-bond donors (Lipinski definition) is 1. The fraction of sp³-hybridized carbons (Fsp3) is 1.00. The van der Waals surface area contributed by atoms with Crippen molar-refractivity contribution in [2.75, 3.05) is 19.6 Å². The summed E-state index contributed by atoms with van der Waals surface area (Å²) in [5, 5.41) is 0. The first kappa shape index (κ1) is 13.4. The molecule has 1 atom stereocenters. The van der Waals surface area contributed by atoms with Gasteiger partial charge < -0.3 is 10.6 Å². The Bertz CT molecular complexity index is 199. The Morgan fingerprint density at radius 1 is 1.00 bits per heavy atom. The van der Waals surface area contributed by atoms with Gasteiger partial charge in [-0.05, 0) is 57.5 Å². The molecule has 17 heavy (non-hydrogen) atoms. The van der Waals surface area contributed by atoms with Gasteiger partial charge in [-0.3, -0.25) is 0 Å². The second kappa shape index (κ2) is 6.75. The van der Waals surface area contributed by atoms with Crippen LogP contribution >= 0.6 is 0 Å². The van der Waals surface area contributed by atoms with E-state index in [0.29, 0.717) is 6.04 Å². The molecule has 2 rings (SSSR count). The van der Waals surface area contributed by atoms with E-state index in [4.69, 9.17) is 5.73 Å². The van der Waals surface area contributed by atoms with E-state index >= 15 is 0 Å². The molecule has 0 aromatic heterocycles. The Kier molecular flexibility index (Phi) is 5.30. The van der Waals surface area contributed by atoms with E-state index in [1.807, 2.05) is 0 Å². The third-order valence-electron chi connectivity index (χ3n) is 4.87. The number of hydrogen-bond acceptors (Lipinski definition) is 2. The first-order valence-electron chi connectivity index (χ1n) is 7.73. The van der Waals surface area contributed by atoms with Gasteiger partial charge in [-0.15, -0.1) is 0 Å². The molecule has 2 nitrogen and oxygen atoms in total. The van der Waals surface area contributed by atoms with E-state index in [2.05, 4.69) is 11.8 Å². The maximum absolute atomic E-state index is 6.00. The van der Waals surface area contributed by atoms with Crippen molar-refractivity contribution in [2.45, 2.75) is 64.3 Å². The number of rotatable bonds is 3. The van der Waals surface area contributed by atoms with Crippen LogP contribution in [0, 0.1) is 11.8 Å². The first-order chi connectivity index (χ1) is 8.25. The average Bonchev–Trinajstić information content (AvgIpc) is 2.58. The van der Waals surface area contributed by atoms with Crippen LogP contribution in [-0.2, 0) is 0 Å². The van der Waals surface area contributed by atoms with Gasteiger partial charge in [0.25, 0.3) is 0 Å². The van der Waals surface area contributed by atoms with Gasteiger partial charge in [-0.1, -0.05) is 25.7 Å². The molecular weight excluding hydrogens is 208 g/mol. The summed E-state index contributed by atoms with van der Waals surface area (Å²) in [5.74, 6) is 1.77. The summed E-state index contributed by atoms with van der Waals surface area (Å²) < 4.78 is 0. The molecule has 1 saturated heterocycles. The van der Waals surface area contributed by atoms with Gasteiger partial charge in [0, 0.05) is 12.6 Å². The summed E-state index contributed by atoms with van der Waals surface area (Å²) in [5.41, 5.74) is 6.00. The molecule has 2 fully saturated rings. The summed E-state index contributed by atoms with van der Waals surface area (Å²) in [6, 6.07) is 0.398. The molecule has 0 radical (unpaired) electrons. The van der Waals surface area contributed by atoms with Crippen LogP contribution in [0.2, 0.25) is 0 Å². The Labute approximate surface area is 107 Å². The summed E-state index contributed by atoms with van der Waals surface area (Å²) in [4.78, 5) is 2.70. The lowest BCUT2D eigenvalue weighted by molar-refractivity contribution is 0.146. The van der Waals surface area contributed by atoms with E-state index in [9.17, 15) is 0 Å². The van der Waals surface area contributed by atoms with E-state index in [1.165, 1.54) is 71.0 Å². The molecule has 1 saturated carbocycles. The lowest BCUT2D eigenvalue weighted by atomic mass is 9.90. The third kappa shape index (κ3) is 4.26. The zero-order valence-electron chi connectivity index (χ0n) is 11.5. The molecule has 2 N–H and O–H groups in total. The summed E-state index contributed by atoms with van der Waals surface area (Å²) in [7, 11) is 0. The highest BCUT2D eigenvalue weighted by Gasteiger charge is 2.23. The fourth-order valence-corrected chi connectivity index (χ4v) is 3.57. The molecule has 2 heteroatoms. The quantitative estimate of drug-likeness (QED) is 0.766. The smallest absolute Gasteiger partial charge is 0.00397 e. The summed E-state index contributed by atoms with van der Waals surface area (Å²) in [6.45, 7) is 6.13. The highest BCUT2D eigenvalue weighted by atomic mass is 15.1. The van der Waals surface area contributed by atoms with E-state index < -0.39 is 0 Å². The van der Waals surface area contributed by atoms with Crippen LogP contribution < -0.4 is 5.73 Å². The van der Waals surface area contributed by atoms with Crippen molar-refractivity contribution in [2.24, 2.45) is 17.6 Å². The van der Waals surface area contributed by atoms with Crippen molar-refractivity contribution >= 4 is 0 Å². The van der Waals surface area contributed by atoms with Crippen molar-refractivity contribution in [3.63, 3.8) is 0 Å². The van der Waals surface area contributed by atoms with Crippen LogP contribution in [-0.4, -0.2) is 30.6 Å². The Balaban J connectivity index is 1.69. The molecule has 0 bridgehead atoms. The van der Waals surface area contributed by atoms with Crippen molar-refractivity contribution in [1.29, 1.82) is 0 Å². The van der Waals surface area contributed by atoms with Gasteiger partial charge >= 0.3 is 0 Å². The second-order valence-electron chi connectivity index (χ2n) is 6.35. The van der Waals surface area contributed by atoms with Crippen molar-refractivity contribution < 1.29 is 0 Å². The van der Waals surface area contributed by atoms with Crippen molar-refractivity contribution in [3.8, 4) is 0 Å². The standard InChI is InChI=1S/C15H30N2/c1-13(16)15-8-10-17(11-9-15)12-14-6-4-2-3-5-7-14/h13-15H,2-12,16H2,1H3. The lowest BCUT2D eigenvalue weighted by Crippen LogP contribution is -2.41. The van der Waals surface area contributed by atoms with Crippen LogP contribution in [0.5, 0.6) is 0 Å². The van der Waals surface area contributed by atoms with Gasteiger partial charge in [0.2, 0.25) is 0 Å². The second-order valence-corrected chi connectivity index (χ2v) is 6.35. The normalized spacial score (nSPS) is 27.9. The van der Waals surface area contributed by atoms with Gasteiger partial charge in [0.05, 0.1) is 0 Å². The Hall–Kier alpha value is -0.0800. The first-order valence-corrected chi connectivity index (χ1v) is 7.73.